The normalized spacial score (nSPS) is 9.79. The maximum Gasteiger partial charge on any atom is 0.135 e. The van der Waals surface area contributed by atoms with Gasteiger partial charge in [0.2, 0.25) is 0 Å². The van der Waals surface area contributed by atoms with Crippen molar-refractivity contribution in [3.8, 4) is 11.8 Å². The summed E-state index contributed by atoms with van der Waals surface area (Å²) in [6, 6.07) is 7.86. The predicted molar refractivity (Wildman–Crippen MR) is 58.4 cm³/mol. The monoisotopic (exact) mass is 204 g/mol. The second-order valence-corrected chi connectivity index (χ2v) is 3.26. The second kappa shape index (κ2) is 4.21. The van der Waals surface area contributed by atoms with Crippen LogP contribution in [0.4, 0.5) is 0 Å². The molecule has 1 aromatic heterocycles. The standard InChI is InChI=1S/C12H9ClO/c13-8-4-3-5-10-9-14-12-7-2-1-6-11(10)12/h1-2,6-7,9H,4,8H2. The lowest BCUT2D eigenvalue weighted by Gasteiger charge is -1.85. The van der Waals surface area contributed by atoms with Crippen molar-refractivity contribution in [2.75, 3.05) is 5.88 Å². The Hall–Kier alpha value is -1.39. The Balaban J connectivity index is 2.40. The molecule has 2 aromatic rings. The molecule has 1 heterocycles. The van der Waals surface area contributed by atoms with Gasteiger partial charge < -0.3 is 4.42 Å². The fourth-order valence-corrected chi connectivity index (χ4v) is 1.37. The van der Waals surface area contributed by atoms with Crippen molar-refractivity contribution in [1.29, 1.82) is 0 Å². The molecule has 0 radical (unpaired) electrons. The smallest absolute Gasteiger partial charge is 0.135 e. The molecule has 1 aromatic carbocycles. The van der Waals surface area contributed by atoms with Crippen LogP contribution in [-0.2, 0) is 0 Å². The zero-order chi connectivity index (χ0) is 9.80. The SMILES string of the molecule is ClCCC#Cc1coc2ccccc12. The van der Waals surface area contributed by atoms with Gasteiger partial charge >= 0.3 is 0 Å². The van der Waals surface area contributed by atoms with E-state index < -0.39 is 0 Å². The van der Waals surface area contributed by atoms with Gasteiger partial charge in [-0.2, -0.15) is 0 Å². The average molecular weight is 205 g/mol. The maximum atomic E-state index is 5.53. The highest BCUT2D eigenvalue weighted by Gasteiger charge is 2.00. The van der Waals surface area contributed by atoms with E-state index in [4.69, 9.17) is 16.0 Å². The summed E-state index contributed by atoms with van der Waals surface area (Å²) in [5.41, 5.74) is 1.81. The summed E-state index contributed by atoms with van der Waals surface area (Å²) < 4.78 is 5.34. The molecule has 0 unspecified atom stereocenters. The molecule has 70 valence electrons. The zero-order valence-electron chi connectivity index (χ0n) is 7.59. The molecule has 0 spiro atoms. The van der Waals surface area contributed by atoms with Crippen LogP contribution in [0.5, 0.6) is 0 Å². The summed E-state index contributed by atoms with van der Waals surface area (Å²) >= 11 is 5.53. The Labute approximate surface area is 87.7 Å². The molecule has 0 aliphatic carbocycles. The molecule has 0 amide bonds. The lowest BCUT2D eigenvalue weighted by molar-refractivity contribution is 0.615. The molecule has 2 rings (SSSR count). The van der Waals surface area contributed by atoms with Crippen LogP contribution in [0, 0.1) is 11.8 Å². The predicted octanol–water partition coefficient (Wildman–Crippen LogP) is 3.41. The average Bonchev–Trinajstić information content (AvgIpc) is 2.63. The number of rotatable bonds is 1. The van der Waals surface area contributed by atoms with Crippen LogP contribution in [0.15, 0.2) is 34.9 Å². The fraction of sp³-hybridized carbons (Fsp3) is 0.167. The van der Waals surface area contributed by atoms with Crippen molar-refractivity contribution in [2.24, 2.45) is 0 Å². The molecule has 0 saturated heterocycles. The van der Waals surface area contributed by atoms with Gasteiger partial charge in [0.25, 0.3) is 0 Å². The summed E-state index contributed by atoms with van der Waals surface area (Å²) in [5.74, 6) is 6.60. The van der Waals surface area contributed by atoms with E-state index in [1.54, 1.807) is 6.26 Å². The van der Waals surface area contributed by atoms with Crippen molar-refractivity contribution in [3.63, 3.8) is 0 Å². The number of fused-ring (bicyclic) bond motifs is 1. The van der Waals surface area contributed by atoms with Gasteiger partial charge in [-0.1, -0.05) is 24.0 Å². The van der Waals surface area contributed by atoms with E-state index in [2.05, 4.69) is 11.8 Å². The van der Waals surface area contributed by atoms with Crippen LogP contribution in [0.2, 0.25) is 0 Å². The molecule has 0 aliphatic rings. The first-order chi connectivity index (χ1) is 6.92. The quantitative estimate of drug-likeness (QED) is 0.513. The molecular formula is C12H9ClO. The summed E-state index contributed by atoms with van der Waals surface area (Å²) in [7, 11) is 0. The van der Waals surface area contributed by atoms with Gasteiger partial charge in [-0.05, 0) is 12.1 Å². The minimum Gasteiger partial charge on any atom is -0.463 e. The highest BCUT2D eigenvalue weighted by molar-refractivity contribution is 6.18. The first-order valence-corrected chi connectivity index (χ1v) is 4.96. The molecule has 0 saturated carbocycles. The number of benzene rings is 1. The van der Waals surface area contributed by atoms with Crippen LogP contribution in [0.25, 0.3) is 11.0 Å². The lowest BCUT2D eigenvalue weighted by atomic mass is 10.2. The number of hydrogen-bond donors (Lipinski definition) is 0. The highest BCUT2D eigenvalue weighted by atomic mass is 35.5. The number of halogens is 1. The Morgan fingerprint density at radius 3 is 3.00 bits per heavy atom. The third-order valence-corrected chi connectivity index (χ3v) is 2.11. The van der Waals surface area contributed by atoms with E-state index in [9.17, 15) is 0 Å². The molecular weight excluding hydrogens is 196 g/mol. The molecule has 14 heavy (non-hydrogen) atoms. The Bertz CT molecular complexity index is 487. The molecule has 1 nitrogen and oxygen atoms in total. The highest BCUT2D eigenvalue weighted by Crippen LogP contribution is 2.19. The third-order valence-electron chi connectivity index (χ3n) is 1.92. The Morgan fingerprint density at radius 1 is 1.29 bits per heavy atom. The number of hydrogen-bond acceptors (Lipinski definition) is 1. The number of para-hydroxylation sites is 1. The van der Waals surface area contributed by atoms with Crippen LogP contribution in [-0.4, -0.2) is 5.88 Å². The van der Waals surface area contributed by atoms with E-state index in [1.807, 2.05) is 24.3 Å². The minimum absolute atomic E-state index is 0.572. The topological polar surface area (TPSA) is 13.1 Å². The van der Waals surface area contributed by atoms with E-state index in [0.29, 0.717) is 12.3 Å². The first kappa shape index (κ1) is 9.18. The largest absolute Gasteiger partial charge is 0.463 e. The molecule has 0 N–H and O–H groups in total. The van der Waals surface area contributed by atoms with Gasteiger partial charge in [-0.25, -0.2) is 0 Å². The summed E-state index contributed by atoms with van der Waals surface area (Å²) in [6.07, 6.45) is 2.40. The van der Waals surface area contributed by atoms with Crippen LogP contribution in [0.3, 0.4) is 0 Å². The van der Waals surface area contributed by atoms with E-state index >= 15 is 0 Å². The molecule has 0 fully saturated rings. The van der Waals surface area contributed by atoms with E-state index in [0.717, 1.165) is 16.5 Å². The van der Waals surface area contributed by atoms with Crippen LogP contribution < -0.4 is 0 Å². The van der Waals surface area contributed by atoms with Gasteiger partial charge in [0.05, 0.1) is 5.56 Å². The summed E-state index contributed by atoms with van der Waals surface area (Å²) in [5, 5.41) is 1.06. The van der Waals surface area contributed by atoms with Gasteiger partial charge in [0.15, 0.2) is 0 Å². The van der Waals surface area contributed by atoms with Gasteiger partial charge in [-0.15, -0.1) is 11.6 Å². The lowest BCUT2D eigenvalue weighted by Crippen LogP contribution is -1.71. The summed E-state index contributed by atoms with van der Waals surface area (Å²) in [6.45, 7) is 0. The molecule has 0 aliphatic heterocycles. The van der Waals surface area contributed by atoms with Crippen molar-refractivity contribution in [3.05, 3.63) is 36.1 Å². The number of alkyl halides is 1. The van der Waals surface area contributed by atoms with Crippen molar-refractivity contribution in [1.82, 2.24) is 0 Å². The van der Waals surface area contributed by atoms with Crippen molar-refractivity contribution in [2.45, 2.75) is 6.42 Å². The van der Waals surface area contributed by atoms with Crippen molar-refractivity contribution < 1.29 is 4.42 Å². The zero-order valence-corrected chi connectivity index (χ0v) is 8.34. The van der Waals surface area contributed by atoms with Crippen LogP contribution in [0.1, 0.15) is 12.0 Å². The molecule has 2 heteroatoms. The Morgan fingerprint density at radius 2 is 2.14 bits per heavy atom. The second-order valence-electron chi connectivity index (χ2n) is 2.89. The van der Waals surface area contributed by atoms with E-state index in [-0.39, 0.29) is 0 Å². The Kier molecular flexibility index (Phi) is 2.76. The first-order valence-electron chi connectivity index (χ1n) is 4.43. The maximum absolute atomic E-state index is 5.53. The number of furan rings is 1. The summed E-state index contributed by atoms with van der Waals surface area (Å²) in [4.78, 5) is 0. The van der Waals surface area contributed by atoms with Crippen molar-refractivity contribution >= 4 is 22.6 Å². The minimum atomic E-state index is 0.572. The van der Waals surface area contributed by atoms with Gasteiger partial charge in [0, 0.05) is 17.7 Å². The molecule has 0 atom stereocenters. The van der Waals surface area contributed by atoms with Crippen LogP contribution >= 0.6 is 11.6 Å². The van der Waals surface area contributed by atoms with E-state index in [1.165, 1.54) is 0 Å². The van der Waals surface area contributed by atoms with Gasteiger partial charge in [-0.3, -0.25) is 0 Å². The fourth-order valence-electron chi connectivity index (χ4n) is 1.28. The third kappa shape index (κ3) is 1.76. The van der Waals surface area contributed by atoms with Gasteiger partial charge in [0.1, 0.15) is 11.8 Å². The molecule has 0 bridgehead atoms.